The van der Waals surface area contributed by atoms with Crippen molar-refractivity contribution in [2.75, 3.05) is 0 Å². The molecule has 0 N–H and O–H groups in total. The van der Waals surface area contributed by atoms with Crippen LogP contribution in [-0.4, -0.2) is 27.8 Å². The van der Waals surface area contributed by atoms with Crippen molar-refractivity contribution in [2.24, 2.45) is 12.2 Å². The van der Waals surface area contributed by atoms with Gasteiger partial charge in [-0.25, -0.2) is 4.79 Å². The molecule has 154 valence electrons. The molecule has 0 aliphatic carbocycles. The Morgan fingerprint density at radius 1 is 0.774 bits per heavy atom. The van der Waals surface area contributed by atoms with Crippen LogP contribution in [0.4, 0.5) is 0 Å². The van der Waals surface area contributed by atoms with Crippen LogP contribution in [0.1, 0.15) is 44.9 Å². The van der Waals surface area contributed by atoms with Gasteiger partial charge in [-0.3, -0.25) is 9.59 Å². The summed E-state index contributed by atoms with van der Waals surface area (Å²) in [5.41, 5.74) is 3.36. The number of aromatic nitrogens is 1. The molecule has 1 aromatic heterocycles. The number of Topliss-reactive ketones (excluding diaryl/α,β-unsaturated/α-hetero) is 2. The number of nitrogens with zero attached hydrogens (tertiary/aromatic N) is 2. The Morgan fingerprint density at radius 3 is 1.97 bits per heavy atom. The van der Waals surface area contributed by atoms with E-state index in [1.165, 1.54) is 13.8 Å². The molecule has 0 unspecified atom stereocenters. The third-order valence-corrected chi connectivity index (χ3v) is 5.28. The standard InChI is InChI=1S/C25H20N2O4/c1-15(26-31-25(30)17-7-5-4-6-8-17)24(29)19-10-12-23-21(14-19)20-13-18(16(2)28)9-11-22(20)27(23)3/h4-14H,1-3H3/b26-15-. The molecule has 0 aliphatic heterocycles. The van der Waals surface area contributed by atoms with E-state index < -0.39 is 5.97 Å². The molecule has 0 amide bonds. The van der Waals surface area contributed by atoms with Gasteiger partial charge in [-0.05, 0) is 62.4 Å². The minimum atomic E-state index is -0.631. The van der Waals surface area contributed by atoms with E-state index in [9.17, 15) is 14.4 Å². The maximum atomic E-state index is 12.9. The number of carbonyl (C=O) groups excluding carboxylic acids is 3. The largest absolute Gasteiger partial charge is 0.365 e. The summed E-state index contributed by atoms with van der Waals surface area (Å²) in [7, 11) is 1.94. The molecule has 0 saturated carbocycles. The number of hydrogen-bond acceptors (Lipinski definition) is 5. The molecule has 0 atom stereocenters. The third kappa shape index (κ3) is 3.75. The minimum Gasteiger partial charge on any atom is -0.344 e. The van der Waals surface area contributed by atoms with Crippen molar-refractivity contribution < 1.29 is 19.2 Å². The zero-order valence-electron chi connectivity index (χ0n) is 17.4. The van der Waals surface area contributed by atoms with Gasteiger partial charge in [0.1, 0.15) is 5.71 Å². The van der Waals surface area contributed by atoms with Crippen LogP contribution >= 0.6 is 0 Å². The Balaban J connectivity index is 1.67. The molecule has 6 heteroatoms. The third-order valence-electron chi connectivity index (χ3n) is 5.28. The summed E-state index contributed by atoms with van der Waals surface area (Å²) >= 11 is 0. The number of oxime groups is 1. The first-order valence-corrected chi connectivity index (χ1v) is 9.75. The van der Waals surface area contributed by atoms with Crippen molar-refractivity contribution >= 4 is 45.1 Å². The highest BCUT2D eigenvalue weighted by Gasteiger charge is 2.16. The number of aryl methyl sites for hydroxylation is 1. The highest BCUT2D eigenvalue weighted by Crippen LogP contribution is 2.30. The average Bonchev–Trinajstić information content (AvgIpc) is 3.08. The second-order valence-electron chi connectivity index (χ2n) is 7.33. The molecule has 0 radical (unpaired) electrons. The summed E-state index contributed by atoms with van der Waals surface area (Å²) in [5, 5.41) is 5.48. The zero-order valence-corrected chi connectivity index (χ0v) is 17.4. The normalized spacial score (nSPS) is 11.6. The van der Waals surface area contributed by atoms with E-state index in [0.717, 1.165) is 21.8 Å². The van der Waals surface area contributed by atoms with Gasteiger partial charge in [-0.2, -0.15) is 0 Å². The van der Waals surface area contributed by atoms with Crippen LogP contribution in [0.5, 0.6) is 0 Å². The second-order valence-corrected chi connectivity index (χ2v) is 7.33. The molecular formula is C25H20N2O4. The van der Waals surface area contributed by atoms with Gasteiger partial charge in [0, 0.05) is 40.0 Å². The van der Waals surface area contributed by atoms with Gasteiger partial charge in [-0.1, -0.05) is 23.4 Å². The van der Waals surface area contributed by atoms with E-state index in [4.69, 9.17) is 4.84 Å². The summed E-state index contributed by atoms with van der Waals surface area (Å²) in [4.78, 5) is 41.7. The lowest BCUT2D eigenvalue weighted by Crippen LogP contribution is -2.12. The first-order valence-electron chi connectivity index (χ1n) is 9.75. The monoisotopic (exact) mass is 412 g/mol. The summed E-state index contributed by atoms with van der Waals surface area (Å²) in [5.74, 6) is -0.995. The maximum Gasteiger partial charge on any atom is 0.365 e. The Bertz CT molecular complexity index is 1380. The van der Waals surface area contributed by atoms with Gasteiger partial charge in [-0.15, -0.1) is 0 Å². The summed E-state index contributed by atoms with van der Waals surface area (Å²) in [6.45, 7) is 3.03. The van der Waals surface area contributed by atoms with Crippen LogP contribution in [-0.2, 0) is 11.9 Å². The van der Waals surface area contributed by atoms with Crippen molar-refractivity contribution in [3.8, 4) is 0 Å². The molecule has 31 heavy (non-hydrogen) atoms. The molecule has 4 rings (SSSR count). The van der Waals surface area contributed by atoms with Crippen LogP contribution < -0.4 is 0 Å². The minimum absolute atomic E-state index is 0.0191. The average molecular weight is 412 g/mol. The predicted molar refractivity (Wildman–Crippen MR) is 120 cm³/mol. The van der Waals surface area contributed by atoms with E-state index >= 15 is 0 Å². The molecule has 0 fully saturated rings. The van der Waals surface area contributed by atoms with E-state index in [0.29, 0.717) is 16.7 Å². The lowest BCUT2D eigenvalue weighted by atomic mass is 10.0. The predicted octanol–water partition coefficient (Wildman–Crippen LogP) is 4.95. The molecule has 0 aliphatic rings. The van der Waals surface area contributed by atoms with E-state index in [1.807, 2.05) is 29.8 Å². The summed E-state index contributed by atoms with van der Waals surface area (Å²) < 4.78 is 2.02. The van der Waals surface area contributed by atoms with Gasteiger partial charge < -0.3 is 9.40 Å². The van der Waals surface area contributed by atoms with E-state index in [-0.39, 0.29) is 17.3 Å². The smallest absolute Gasteiger partial charge is 0.344 e. The molecule has 6 nitrogen and oxygen atoms in total. The van der Waals surface area contributed by atoms with Crippen molar-refractivity contribution in [1.29, 1.82) is 0 Å². The summed E-state index contributed by atoms with van der Waals surface area (Å²) in [6.07, 6.45) is 0. The zero-order chi connectivity index (χ0) is 22.1. The molecule has 3 aromatic carbocycles. The SMILES string of the molecule is CC(=O)c1ccc2c(c1)c1cc(C(=O)/C(C)=N\OC(=O)c3ccccc3)ccc1n2C. The number of carbonyl (C=O) groups is 3. The fraction of sp³-hybridized carbons (Fsp3) is 0.120. The first-order chi connectivity index (χ1) is 14.9. The Labute approximate surface area is 178 Å². The Hall–Kier alpha value is -4.06. The molecular weight excluding hydrogens is 392 g/mol. The molecule has 0 bridgehead atoms. The highest BCUT2D eigenvalue weighted by atomic mass is 16.7. The Kier molecular flexibility index (Phi) is 5.21. The second kappa shape index (κ2) is 7.99. The lowest BCUT2D eigenvalue weighted by Gasteiger charge is -2.03. The quantitative estimate of drug-likeness (QED) is 0.201. The fourth-order valence-corrected chi connectivity index (χ4v) is 3.57. The number of benzene rings is 3. The topological polar surface area (TPSA) is 77.7 Å². The van der Waals surface area contributed by atoms with Crippen LogP contribution in [0.2, 0.25) is 0 Å². The van der Waals surface area contributed by atoms with Gasteiger partial charge in [0.15, 0.2) is 5.78 Å². The van der Waals surface area contributed by atoms with Crippen molar-refractivity contribution in [3.63, 3.8) is 0 Å². The number of fused-ring (bicyclic) bond motifs is 3. The van der Waals surface area contributed by atoms with Crippen LogP contribution in [0.3, 0.4) is 0 Å². The van der Waals surface area contributed by atoms with Crippen LogP contribution in [0.15, 0.2) is 71.9 Å². The molecule has 0 saturated heterocycles. The molecule has 4 aromatic rings. The molecule has 0 spiro atoms. The number of rotatable bonds is 5. The number of hydrogen-bond donors (Lipinski definition) is 0. The van der Waals surface area contributed by atoms with E-state index in [2.05, 4.69) is 5.16 Å². The van der Waals surface area contributed by atoms with Crippen LogP contribution in [0.25, 0.3) is 21.8 Å². The van der Waals surface area contributed by atoms with Gasteiger partial charge in [0.25, 0.3) is 0 Å². The van der Waals surface area contributed by atoms with Crippen molar-refractivity contribution in [3.05, 3.63) is 83.4 Å². The van der Waals surface area contributed by atoms with E-state index in [1.54, 1.807) is 48.5 Å². The molecule has 1 heterocycles. The Morgan fingerprint density at radius 2 is 1.35 bits per heavy atom. The fourth-order valence-electron chi connectivity index (χ4n) is 3.57. The van der Waals surface area contributed by atoms with Crippen molar-refractivity contribution in [2.45, 2.75) is 13.8 Å². The number of ketones is 2. The lowest BCUT2D eigenvalue weighted by molar-refractivity contribution is 0.0515. The first kappa shape index (κ1) is 20.2. The van der Waals surface area contributed by atoms with Crippen molar-refractivity contribution in [1.82, 2.24) is 4.57 Å². The summed E-state index contributed by atoms with van der Waals surface area (Å²) in [6, 6.07) is 19.3. The maximum absolute atomic E-state index is 12.9. The van der Waals surface area contributed by atoms with Gasteiger partial charge >= 0.3 is 5.97 Å². The van der Waals surface area contributed by atoms with Crippen LogP contribution in [0, 0.1) is 0 Å². The van der Waals surface area contributed by atoms with Gasteiger partial charge in [0.2, 0.25) is 5.78 Å². The highest BCUT2D eigenvalue weighted by molar-refractivity contribution is 6.45. The van der Waals surface area contributed by atoms with Gasteiger partial charge in [0.05, 0.1) is 5.56 Å².